The molecule has 0 aliphatic heterocycles. The monoisotopic (exact) mass is 205 g/mol. The zero-order valence-corrected chi connectivity index (χ0v) is 9.04. The van der Waals surface area contributed by atoms with Gasteiger partial charge in [-0.2, -0.15) is 0 Å². The molecule has 0 aromatic carbocycles. The first-order valence-corrected chi connectivity index (χ1v) is 5.46. The predicted octanol–water partition coefficient (Wildman–Crippen LogP) is 1.40. The fourth-order valence-corrected chi connectivity index (χ4v) is 1.22. The first-order valence-electron chi connectivity index (χ1n) is 5.46. The molecular formula is C10H23NO3. The number of hydrogen-bond acceptors (Lipinski definition) is 4. The van der Waals surface area contributed by atoms with Crippen LogP contribution in [0.2, 0.25) is 0 Å². The van der Waals surface area contributed by atoms with Gasteiger partial charge in [0.15, 0.2) is 0 Å². The van der Waals surface area contributed by atoms with Gasteiger partial charge in [-0.15, -0.1) is 0 Å². The van der Waals surface area contributed by atoms with Crippen LogP contribution in [0.25, 0.3) is 0 Å². The maximum atomic E-state index is 9.46. The Bertz CT molecular complexity index is 112. The molecule has 0 rings (SSSR count). The number of nitrogens with one attached hydrogen (secondary N) is 1. The highest BCUT2D eigenvalue weighted by Crippen LogP contribution is 2.00. The number of hydrogen-bond donors (Lipinski definition) is 3. The first kappa shape index (κ1) is 13.8. The molecule has 0 saturated carbocycles. The van der Waals surface area contributed by atoms with Crippen LogP contribution in [0.5, 0.6) is 0 Å². The molecule has 0 amide bonds. The topological polar surface area (TPSA) is 61.7 Å². The maximum Gasteiger partial charge on any atom is 0.0820 e. The number of unbranched alkanes of at least 4 members (excludes halogenated alkanes) is 1. The van der Waals surface area contributed by atoms with E-state index in [-0.39, 0.29) is 6.10 Å². The van der Waals surface area contributed by atoms with Gasteiger partial charge in [-0.1, -0.05) is 13.3 Å². The molecule has 0 heterocycles. The summed E-state index contributed by atoms with van der Waals surface area (Å²) >= 11 is 0. The SMILES string of the molecule is CCCCNCCC(O)CCCOO. The molecule has 0 aliphatic carbocycles. The molecule has 3 N–H and O–H groups in total. The molecule has 0 radical (unpaired) electrons. The molecule has 4 nitrogen and oxygen atoms in total. The van der Waals surface area contributed by atoms with Gasteiger partial charge in [-0.25, -0.2) is 4.89 Å². The van der Waals surface area contributed by atoms with E-state index < -0.39 is 0 Å². The molecule has 0 aliphatic rings. The predicted molar refractivity (Wildman–Crippen MR) is 56.2 cm³/mol. The lowest BCUT2D eigenvalue weighted by molar-refractivity contribution is -0.243. The van der Waals surface area contributed by atoms with Gasteiger partial charge in [-0.3, -0.25) is 5.26 Å². The van der Waals surface area contributed by atoms with Gasteiger partial charge in [0.2, 0.25) is 0 Å². The first-order chi connectivity index (χ1) is 6.81. The molecule has 0 spiro atoms. The molecule has 86 valence electrons. The van der Waals surface area contributed by atoms with E-state index in [4.69, 9.17) is 5.26 Å². The van der Waals surface area contributed by atoms with Crippen molar-refractivity contribution in [1.82, 2.24) is 5.32 Å². The van der Waals surface area contributed by atoms with Crippen molar-refractivity contribution in [1.29, 1.82) is 0 Å². The third kappa shape index (κ3) is 9.92. The maximum absolute atomic E-state index is 9.46. The molecule has 0 saturated heterocycles. The highest BCUT2D eigenvalue weighted by molar-refractivity contribution is 4.58. The van der Waals surface area contributed by atoms with Crippen molar-refractivity contribution in [3.63, 3.8) is 0 Å². The van der Waals surface area contributed by atoms with Gasteiger partial charge in [0.1, 0.15) is 0 Å². The summed E-state index contributed by atoms with van der Waals surface area (Å²) in [7, 11) is 0. The minimum atomic E-state index is -0.278. The number of rotatable bonds is 10. The van der Waals surface area contributed by atoms with Crippen LogP contribution in [0.1, 0.15) is 39.0 Å². The Labute approximate surface area is 86.2 Å². The van der Waals surface area contributed by atoms with Crippen molar-refractivity contribution in [2.75, 3.05) is 19.7 Å². The summed E-state index contributed by atoms with van der Waals surface area (Å²) < 4.78 is 0. The van der Waals surface area contributed by atoms with E-state index in [0.29, 0.717) is 19.4 Å². The van der Waals surface area contributed by atoms with E-state index in [1.807, 2.05) is 0 Å². The normalized spacial score (nSPS) is 13.1. The van der Waals surface area contributed by atoms with Crippen LogP contribution < -0.4 is 5.32 Å². The van der Waals surface area contributed by atoms with E-state index in [1.54, 1.807) is 0 Å². The molecule has 14 heavy (non-hydrogen) atoms. The van der Waals surface area contributed by atoms with E-state index in [0.717, 1.165) is 19.5 Å². The number of aliphatic hydroxyl groups excluding tert-OH is 1. The molecule has 1 unspecified atom stereocenters. The number of aliphatic hydroxyl groups is 1. The Kier molecular flexibility index (Phi) is 10.8. The van der Waals surface area contributed by atoms with Gasteiger partial charge in [0.25, 0.3) is 0 Å². The van der Waals surface area contributed by atoms with Crippen molar-refractivity contribution in [3.8, 4) is 0 Å². The Hall–Kier alpha value is -0.160. The second kappa shape index (κ2) is 10.9. The van der Waals surface area contributed by atoms with Crippen LogP contribution in [0.3, 0.4) is 0 Å². The lowest BCUT2D eigenvalue weighted by atomic mass is 10.1. The lowest BCUT2D eigenvalue weighted by Gasteiger charge is -2.10. The molecular weight excluding hydrogens is 182 g/mol. The van der Waals surface area contributed by atoms with Crippen molar-refractivity contribution >= 4 is 0 Å². The second-order valence-corrected chi connectivity index (χ2v) is 3.52. The van der Waals surface area contributed by atoms with Crippen molar-refractivity contribution in [3.05, 3.63) is 0 Å². The quantitative estimate of drug-likeness (QED) is 0.286. The van der Waals surface area contributed by atoms with Crippen LogP contribution in [0.15, 0.2) is 0 Å². The molecule has 0 bridgehead atoms. The average molecular weight is 205 g/mol. The fourth-order valence-electron chi connectivity index (χ4n) is 1.22. The summed E-state index contributed by atoms with van der Waals surface area (Å²) in [5, 5.41) is 20.8. The van der Waals surface area contributed by atoms with Gasteiger partial charge in [-0.05, 0) is 38.8 Å². The molecule has 4 heteroatoms. The van der Waals surface area contributed by atoms with E-state index >= 15 is 0 Å². The molecule has 1 atom stereocenters. The summed E-state index contributed by atoms with van der Waals surface area (Å²) in [6, 6.07) is 0. The Morgan fingerprint density at radius 3 is 2.64 bits per heavy atom. The summed E-state index contributed by atoms with van der Waals surface area (Å²) in [4.78, 5) is 3.92. The van der Waals surface area contributed by atoms with Crippen LogP contribution >= 0.6 is 0 Å². The van der Waals surface area contributed by atoms with Gasteiger partial charge >= 0.3 is 0 Å². The van der Waals surface area contributed by atoms with Crippen LogP contribution in [-0.4, -0.2) is 36.2 Å². The smallest absolute Gasteiger partial charge is 0.0820 e. The van der Waals surface area contributed by atoms with E-state index in [9.17, 15) is 5.11 Å². The standard InChI is InChI=1S/C10H23NO3/c1-2-3-7-11-8-6-10(12)5-4-9-14-13/h10-13H,2-9H2,1H3. The average Bonchev–Trinajstić information content (AvgIpc) is 2.18. The summed E-state index contributed by atoms with van der Waals surface area (Å²) in [6.07, 6.45) is 4.27. The molecule has 0 aromatic heterocycles. The van der Waals surface area contributed by atoms with E-state index in [1.165, 1.54) is 12.8 Å². The third-order valence-corrected chi connectivity index (χ3v) is 2.13. The van der Waals surface area contributed by atoms with Crippen LogP contribution in [-0.2, 0) is 4.89 Å². The minimum absolute atomic E-state index is 0.278. The highest BCUT2D eigenvalue weighted by Gasteiger charge is 2.02. The summed E-state index contributed by atoms with van der Waals surface area (Å²) in [6.45, 7) is 4.36. The van der Waals surface area contributed by atoms with Crippen LogP contribution in [0, 0.1) is 0 Å². The molecule has 0 aromatic rings. The zero-order valence-electron chi connectivity index (χ0n) is 9.04. The van der Waals surface area contributed by atoms with Crippen molar-refractivity contribution < 1.29 is 15.3 Å². The van der Waals surface area contributed by atoms with E-state index in [2.05, 4.69) is 17.1 Å². The van der Waals surface area contributed by atoms with Gasteiger partial charge in [0, 0.05) is 0 Å². The Balaban J connectivity index is 3.06. The van der Waals surface area contributed by atoms with Gasteiger partial charge < -0.3 is 10.4 Å². The summed E-state index contributed by atoms with van der Waals surface area (Å²) in [5.74, 6) is 0. The fraction of sp³-hybridized carbons (Fsp3) is 1.00. The van der Waals surface area contributed by atoms with Crippen molar-refractivity contribution in [2.24, 2.45) is 0 Å². The zero-order chi connectivity index (χ0) is 10.6. The van der Waals surface area contributed by atoms with Crippen molar-refractivity contribution in [2.45, 2.75) is 45.1 Å². The van der Waals surface area contributed by atoms with Crippen LogP contribution in [0.4, 0.5) is 0 Å². The molecule has 0 fully saturated rings. The highest BCUT2D eigenvalue weighted by atomic mass is 17.1. The van der Waals surface area contributed by atoms with Gasteiger partial charge in [0.05, 0.1) is 12.7 Å². The lowest BCUT2D eigenvalue weighted by Crippen LogP contribution is -2.21. The largest absolute Gasteiger partial charge is 0.393 e. The summed E-state index contributed by atoms with van der Waals surface area (Å²) in [5.41, 5.74) is 0. The third-order valence-electron chi connectivity index (χ3n) is 2.13. The Morgan fingerprint density at radius 1 is 1.21 bits per heavy atom. The Morgan fingerprint density at radius 2 is 2.00 bits per heavy atom. The second-order valence-electron chi connectivity index (χ2n) is 3.52. The minimum Gasteiger partial charge on any atom is -0.393 e.